The molecule has 30 heavy (non-hydrogen) atoms. The number of ether oxygens (including phenoxy) is 1. The summed E-state index contributed by atoms with van der Waals surface area (Å²) in [7, 11) is 0. The van der Waals surface area contributed by atoms with Crippen LogP contribution in [0.15, 0.2) is 5.22 Å². The van der Waals surface area contributed by atoms with Crippen LogP contribution in [-0.2, 0) is 19.1 Å². The molecule has 0 saturated heterocycles. The summed E-state index contributed by atoms with van der Waals surface area (Å²) < 4.78 is 5.20. The van der Waals surface area contributed by atoms with Crippen molar-refractivity contribution < 1.29 is 29.0 Å². The molecule has 0 aliphatic carbocycles. The lowest BCUT2D eigenvalue weighted by Crippen LogP contribution is -2.63. The summed E-state index contributed by atoms with van der Waals surface area (Å²) in [6.45, 7) is 12.0. The quantitative estimate of drug-likeness (QED) is 0.220. The first-order chi connectivity index (χ1) is 13.5. The lowest BCUT2D eigenvalue weighted by atomic mass is 9.99. The number of amides is 3. The van der Waals surface area contributed by atoms with Crippen molar-refractivity contribution in [2.75, 3.05) is 0 Å². The molecule has 3 amide bonds. The van der Waals surface area contributed by atoms with E-state index in [1.807, 2.05) is 0 Å². The summed E-state index contributed by atoms with van der Waals surface area (Å²) in [6, 6.07) is -1.24. The van der Waals surface area contributed by atoms with E-state index in [0.29, 0.717) is 11.4 Å². The Morgan fingerprint density at radius 3 is 2.00 bits per heavy atom. The molecule has 0 aromatic carbocycles. The molecule has 0 saturated carbocycles. The summed E-state index contributed by atoms with van der Waals surface area (Å²) in [6.07, 6.45) is -0.428. The van der Waals surface area contributed by atoms with E-state index in [1.54, 1.807) is 27.7 Å². The highest BCUT2D eigenvalue weighted by molar-refractivity contribution is 5.95. The van der Waals surface area contributed by atoms with Crippen molar-refractivity contribution in [3.05, 3.63) is 10.4 Å². The minimum absolute atomic E-state index is 0.127. The second kappa shape index (κ2) is 10.1. The predicted molar refractivity (Wildman–Crippen MR) is 108 cm³/mol. The van der Waals surface area contributed by atoms with Gasteiger partial charge in [-0.25, -0.2) is 4.79 Å². The predicted octanol–water partition coefficient (Wildman–Crippen LogP) is 2.49. The number of carbonyl (C=O) groups excluding carboxylic acids is 3. The largest absolute Gasteiger partial charge is 0.511 e. The minimum atomic E-state index is -1.56. The van der Waals surface area contributed by atoms with Crippen LogP contribution in [0.2, 0.25) is 0 Å². The Morgan fingerprint density at radius 1 is 1.07 bits per heavy atom. The summed E-state index contributed by atoms with van der Waals surface area (Å²) in [4.78, 5) is 51.7. The van der Waals surface area contributed by atoms with Crippen molar-refractivity contribution in [2.24, 2.45) is 5.22 Å². The molecule has 0 aromatic rings. The van der Waals surface area contributed by atoms with Crippen LogP contribution in [0.3, 0.4) is 0 Å². The van der Waals surface area contributed by atoms with Gasteiger partial charge in [0.15, 0.2) is 6.04 Å². The number of carboxylic acid groups (broad SMARTS) is 1. The van der Waals surface area contributed by atoms with Crippen LogP contribution in [0.5, 0.6) is 0 Å². The lowest BCUT2D eigenvalue weighted by molar-refractivity contribution is -0.147. The number of hydrogen-bond acceptors (Lipinski definition) is 6. The van der Waals surface area contributed by atoms with Gasteiger partial charge in [-0.1, -0.05) is 13.3 Å². The Bertz CT molecular complexity index is 721. The summed E-state index contributed by atoms with van der Waals surface area (Å²) in [5, 5.41) is 17.9. The van der Waals surface area contributed by atoms with Gasteiger partial charge in [0.1, 0.15) is 16.7 Å². The van der Waals surface area contributed by atoms with E-state index in [9.17, 15) is 24.3 Å². The van der Waals surface area contributed by atoms with Gasteiger partial charge < -0.3 is 20.5 Å². The second-order valence-electron chi connectivity index (χ2n) is 8.81. The van der Waals surface area contributed by atoms with Gasteiger partial charge in [-0.2, -0.15) is 9.71 Å². The average Bonchev–Trinajstić information content (AvgIpc) is 2.55. The van der Waals surface area contributed by atoms with Gasteiger partial charge in [-0.3, -0.25) is 9.59 Å². The van der Waals surface area contributed by atoms with Gasteiger partial charge in [0.2, 0.25) is 5.91 Å². The van der Waals surface area contributed by atoms with E-state index >= 15 is 0 Å². The Balaban J connectivity index is 5.69. The maximum Gasteiger partial charge on any atom is 0.511 e. The van der Waals surface area contributed by atoms with E-state index in [-0.39, 0.29) is 6.42 Å². The summed E-state index contributed by atoms with van der Waals surface area (Å²) in [5.74, 6) is -2.75. The molecule has 0 aliphatic rings. The van der Waals surface area contributed by atoms with Crippen molar-refractivity contribution in [3.8, 4) is 0 Å². The number of azide groups is 1. The van der Waals surface area contributed by atoms with E-state index in [1.165, 1.54) is 27.7 Å². The SMILES string of the molecule is CCC[C@@H](C(=O)NC(C)(C)C(=O)NC(C)(C)C(=O)O)N(N=[N+]=[N-])C(=O)OC(C)(C)C. The van der Waals surface area contributed by atoms with Crippen molar-refractivity contribution >= 4 is 23.9 Å². The van der Waals surface area contributed by atoms with Gasteiger partial charge in [0, 0.05) is 0 Å². The Kier molecular flexibility index (Phi) is 9.13. The van der Waals surface area contributed by atoms with Crippen LogP contribution >= 0.6 is 0 Å². The summed E-state index contributed by atoms with van der Waals surface area (Å²) >= 11 is 0. The first-order valence-corrected chi connectivity index (χ1v) is 9.43. The Hall–Kier alpha value is -3.01. The third-order valence-corrected chi connectivity index (χ3v) is 3.84. The van der Waals surface area contributed by atoms with Crippen molar-refractivity contribution in [1.29, 1.82) is 0 Å². The zero-order chi connectivity index (χ0) is 23.9. The smallest absolute Gasteiger partial charge is 0.480 e. The van der Waals surface area contributed by atoms with Crippen LogP contribution in [0, 0.1) is 0 Å². The van der Waals surface area contributed by atoms with Crippen molar-refractivity contribution in [3.63, 3.8) is 0 Å². The zero-order valence-corrected chi connectivity index (χ0v) is 18.8. The monoisotopic (exact) mass is 428 g/mol. The van der Waals surface area contributed by atoms with E-state index in [0.717, 1.165) is 0 Å². The van der Waals surface area contributed by atoms with Crippen molar-refractivity contribution in [1.82, 2.24) is 15.6 Å². The van der Waals surface area contributed by atoms with Gasteiger partial charge >= 0.3 is 12.1 Å². The van der Waals surface area contributed by atoms with E-state index < -0.39 is 46.6 Å². The molecule has 0 aromatic heterocycles. The highest BCUT2D eigenvalue weighted by Gasteiger charge is 2.42. The fourth-order valence-corrected chi connectivity index (χ4v) is 2.16. The molecule has 0 heterocycles. The molecule has 1 atom stereocenters. The molecule has 0 spiro atoms. The second-order valence-corrected chi connectivity index (χ2v) is 8.81. The molecule has 0 unspecified atom stereocenters. The highest BCUT2D eigenvalue weighted by Crippen LogP contribution is 2.17. The maximum absolute atomic E-state index is 12.9. The molecule has 12 heteroatoms. The van der Waals surface area contributed by atoms with Gasteiger partial charge in [0.25, 0.3) is 5.91 Å². The molecule has 0 bridgehead atoms. The number of carboxylic acids is 1. The molecule has 0 aliphatic heterocycles. The third kappa shape index (κ3) is 8.16. The Labute approximate surface area is 175 Å². The molecular formula is C18H32N6O6. The zero-order valence-electron chi connectivity index (χ0n) is 18.8. The fourth-order valence-electron chi connectivity index (χ4n) is 2.16. The van der Waals surface area contributed by atoms with E-state index in [2.05, 4.69) is 20.8 Å². The molecular weight excluding hydrogens is 396 g/mol. The molecule has 3 N–H and O–H groups in total. The highest BCUT2D eigenvalue weighted by atomic mass is 16.6. The van der Waals surface area contributed by atoms with Crippen molar-refractivity contribution in [2.45, 2.75) is 91.0 Å². The maximum atomic E-state index is 12.9. The Morgan fingerprint density at radius 2 is 1.60 bits per heavy atom. The number of rotatable bonds is 9. The van der Waals surface area contributed by atoms with Gasteiger partial charge in [-0.05, 0) is 60.1 Å². The molecule has 0 radical (unpaired) electrons. The summed E-state index contributed by atoms with van der Waals surface area (Å²) in [5.41, 5.74) is 4.86. The van der Waals surface area contributed by atoms with Crippen LogP contribution in [0.1, 0.15) is 68.2 Å². The first kappa shape index (κ1) is 27.0. The number of nitrogens with zero attached hydrogens (tertiary/aromatic N) is 4. The van der Waals surface area contributed by atoms with E-state index in [4.69, 9.17) is 10.3 Å². The molecule has 0 rings (SSSR count). The third-order valence-electron chi connectivity index (χ3n) is 3.84. The van der Waals surface area contributed by atoms with Gasteiger partial charge in [0.05, 0.1) is 0 Å². The van der Waals surface area contributed by atoms with Crippen LogP contribution < -0.4 is 10.6 Å². The molecule has 0 fully saturated rings. The standard InChI is InChI=1S/C18H32N6O6/c1-9-10-11(24(23-22-19)15(29)30-16(2,3)4)12(25)20-17(5,6)13(26)21-18(7,8)14(27)28/h11H,9-10H2,1-8H3,(H,20,25)(H,21,26)(H,27,28)/t11-/m0/s1. The first-order valence-electron chi connectivity index (χ1n) is 9.43. The lowest BCUT2D eigenvalue weighted by Gasteiger charge is -2.32. The minimum Gasteiger partial charge on any atom is -0.480 e. The average molecular weight is 428 g/mol. The number of aliphatic carboxylic acids is 1. The molecule has 12 nitrogen and oxygen atoms in total. The number of hydrogen-bond donors (Lipinski definition) is 3. The normalized spacial score (nSPS) is 12.8. The van der Waals surface area contributed by atoms with Gasteiger partial charge in [-0.15, -0.1) is 10.5 Å². The topological polar surface area (TPSA) is 174 Å². The van der Waals surface area contributed by atoms with Crippen LogP contribution in [0.4, 0.5) is 4.79 Å². The van der Waals surface area contributed by atoms with Crippen LogP contribution in [-0.4, -0.2) is 56.7 Å². The van der Waals surface area contributed by atoms with Crippen LogP contribution in [0.25, 0.3) is 10.4 Å². The number of carbonyl (C=O) groups is 4. The fraction of sp³-hybridized carbons (Fsp3) is 0.778. The molecule has 170 valence electrons. The number of nitrogens with one attached hydrogen (secondary N) is 2.